The zero-order valence-electron chi connectivity index (χ0n) is 13.4. The van der Waals surface area contributed by atoms with E-state index in [0.717, 1.165) is 29.5 Å². The summed E-state index contributed by atoms with van der Waals surface area (Å²) in [5, 5.41) is 9.31. The number of benzene rings is 2. The molecular formula is C19H22N2OS. The van der Waals surface area contributed by atoms with Crippen molar-refractivity contribution in [2.45, 2.75) is 36.5 Å². The van der Waals surface area contributed by atoms with Gasteiger partial charge in [0.05, 0.1) is 12.3 Å². The first-order chi connectivity index (χ1) is 11.2. The maximum atomic E-state index is 6.22. The van der Waals surface area contributed by atoms with Gasteiger partial charge in [-0.1, -0.05) is 23.8 Å². The summed E-state index contributed by atoms with van der Waals surface area (Å²) in [4.78, 5) is 1.05. The smallest absolute Gasteiger partial charge is 0.142 e. The second-order valence-electron chi connectivity index (χ2n) is 6.71. The minimum absolute atomic E-state index is 0.0658. The fourth-order valence-corrected chi connectivity index (χ4v) is 4.24. The number of aryl methyl sites for hydroxylation is 2. The van der Waals surface area contributed by atoms with Gasteiger partial charge in [0.2, 0.25) is 0 Å². The van der Waals surface area contributed by atoms with Crippen LogP contribution in [0.4, 0.5) is 5.69 Å². The van der Waals surface area contributed by atoms with Gasteiger partial charge in [-0.15, -0.1) is 0 Å². The molecule has 3 N–H and O–H groups in total. The van der Waals surface area contributed by atoms with Crippen molar-refractivity contribution in [3.05, 3.63) is 53.1 Å². The van der Waals surface area contributed by atoms with E-state index < -0.39 is 0 Å². The standard InChI is InChI=1S/C19H22N2OS/c1-13-4-6-16-14(9-13)3-2-8-19(16)11-21-17-10-15(23-20)5-7-18(17)22-12-19/h4-7,9-10,21H,2-3,8,11-12,20H2,1H3. The van der Waals surface area contributed by atoms with Crippen LogP contribution in [0.2, 0.25) is 0 Å². The van der Waals surface area contributed by atoms with Crippen LogP contribution in [0.1, 0.15) is 29.5 Å². The molecule has 2 aromatic rings. The fraction of sp³-hybridized carbons (Fsp3) is 0.368. The molecule has 0 aromatic heterocycles. The number of rotatable bonds is 1. The molecule has 1 aliphatic heterocycles. The predicted molar refractivity (Wildman–Crippen MR) is 96.3 cm³/mol. The predicted octanol–water partition coefficient (Wildman–Crippen LogP) is 4.04. The number of anilines is 1. The largest absolute Gasteiger partial charge is 0.490 e. The van der Waals surface area contributed by atoms with Crippen LogP contribution in [0.25, 0.3) is 0 Å². The molecule has 0 radical (unpaired) electrons. The van der Waals surface area contributed by atoms with Crippen LogP contribution in [0.15, 0.2) is 41.3 Å². The Kier molecular flexibility index (Phi) is 3.74. The first-order valence-electron chi connectivity index (χ1n) is 8.18. The van der Waals surface area contributed by atoms with E-state index in [1.807, 2.05) is 12.1 Å². The Morgan fingerprint density at radius 2 is 2.13 bits per heavy atom. The van der Waals surface area contributed by atoms with Gasteiger partial charge < -0.3 is 10.1 Å². The van der Waals surface area contributed by atoms with Crippen molar-refractivity contribution in [3.63, 3.8) is 0 Å². The lowest BCUT2D eigenvalue weighted by atomic mass is 9.70. The third-order valence-electron chi connectivity index (χ3n) is 5.14. The zero-order valence-corrected chi connectivity index (χ0v) is 14.2. The molecule has 0 saturated carbocycles. The number of hydrogen-bond acceptors (Lipinski definition) is 4. The third kappa shape index (κ3) is 2.60. The Hall–Kier alpha value is -1.65. The summed E-state index contributed by atoms with van der Waals surface area (Å²) in [5.74, 6) is 0.930. The summed E-state index contributed by atoms with van der Waals surface area (Å²) in [5.41, 5.74) is 5.41. The van der Waals surface area contributed by atoms with E-state index in [1.54, 1.807) is 0 Å². The van der Waals surface area contributed by atoms with Gasteiger partial charge in [-0.3, -0.25) is 5.14 Å². The summed E-state index contributed by atoms with van der Waals surface area (Å²) >= 11 is 1.27. The van der Waals surface area contributed by atoms with Crippen molar-refractivity contribution in [2.75, 3.05) is 18.5 Å². The van der Waals surface area contributed by atoms with E-state index in [9.17, 15) is 0 Å². The monoisotopic (exact) mass is 326 g/mol. The maximum Gasteiger partial charge on any atom is 0.142 e. The Balaban J connectivity index is 1.70. The van der Waals surface area contributed by atoms with Crippen molar-refractivity contribution in [3.8, 4) is 5.75 Å². The number of nitrogens with two attached hydrogens (primary N) is 1. The fourth-order valence-electron chi connectivity index (χ4n) is 3.91. The second-order valence-corrected chi connectivity index (χ2v) is 7.42. The average molecular weight is 326 g/mol. The summed E-state index contributed by atoms with van der Waals surface area (Å²) in [6.07, 6.45) is 3.57. The highest BCUT2D eigenvalue weighted by Crippen LogP contribution is 2.42. The first-order valence-corrected chi connectivity index (χ1v) is 9.06. The number of ether oxygens (including phenoxy) is 1. The van der Waals surface area contributed by atoms with Gasteiger partial charge in [0.25, 0.3) is 0 Å². The average Bonchev–Trinajstić information content (AvgIpc) is 2.75. The molecule has 1 heterocycles. The van der Waals surface area contributed by atoms with Gasteiger partial charge >= 0.3 is 0 Å². The maximum absolute atomic E-state index is 6.22. The van der Waals surface area contributed by atoms with Crippen molar-refractivity contribution < 1.29 is 4.74 Å². The minimum Gasteiger partial charge on any atom is -0.490 e. The van der Waals surface area contributed by atoms with Crippen molar-refractivity contribution in [2.24, 2.45) is 5.14 Å². The molecule has 0 saturated heterocycles. The minimum atomic E-state index is 0.0658. The molecule has 23 heavy (non-hydrogen) atoms. The zero-order chi connectivity index (χ0) is 15.9. The van der Waals surface area contributed by atoms with Gasteiger partial charge in [0, 0.05) is 16.9 Å². The van der Waals surface area contributed by atoms with Crippen LogP contribution in [-0.4, -0.2) is 13.2 Å². The number of nitrogens with one attached hydrogen (secondary N) is 1. The topological polar surface area (TPSA) is 47.3 Å². The summed E-state index contributed by atoms with van der Waals surface area (Å²) < 4.78 is 6.22. The number of fused-ring (bicyclic) bond motifs is 3. The van der Waals surface area contributed by atoms with Crippen molar-refractivity contribution in [1.82, 2.24) is 0 Å². The van der Waals surface area contributed by atoms with Crippen molar-refractivity contribution >= 4 is 17.6 Å². The Morgan fingerprint density at radius 1 is 1.22 bits per heavy atom. The molecule has 2 aromatic carbocycles. The van der Waals surface area contributed by atoms with Gasteiger partial charge in [-0.2, -0.15) is 0 Å². The van der Waals surface area contributed by atoms with Gasteiger partial charge in [0.15, 0.2) is 0 Å². The lowest BCUT2D eigenvalue weighted by molar-refractivity contribution is 0.210. The second kappa shape index (κ2) is 5.77. The number of hydrogen-bond donors (Lipinski definition) is 2. The summed E-state index contributed by atoms with van der Waals surface area (Å²) in [6, 6.07) is 13.0. The van der Waals surface area contributed by atoms with Crippen LogP contribution in [0.3, 0.4) is 0 Å². The molecule has 4 heteroatoms. The molecule has 4 rings (SSSR count). The molecule has 120 valence electrons. The van der Waals surface area contributed by atoms with Gasteiger partial charge in [0.1, 0.15) is 5.75 Å². The van der Waals surface area contributed by atoms with E-state index in [0.29, 0.717) is 0 Å². The Morgan fingerprint density at radius 3 is 3.00 bits per heavy atom. The van der Waals surface area contributed by atoms with Crippen LogP contribution >= 0.6 is 11.9 Å². The molecule has 0 fully saturated rings. The van der Waals surface area contributed by atoms with E-state index in [4.69, 9.17) is 9.88 Å². The molecule has 0 bridgehead atoms. The molecule has 1 spiro atoms. The SMILES string of the molecule is Cc1ccc2c(c1)CCCC21CNc2cc(SN)ccc2OC1. The van der Waals surface area contributed by atoms with Gasteiger partial charge in [-0.25, -0.2) is 0 Å². The Bertz CT molecular complexity index is 746. The van der Waals surface area contributed by atoms with E-state index in [-0.39, 0.29) is 5.41 Å². The van der Waals surface area contributed by atoms with Crippen molar-refractivity contribution in [1.29, 1.82) is 0 Å². The van der Waals surface area contributed by atoms with Crippen LogP contribution < -0.4 is 15.2 Å². The molecule has 0 amide bonds. The van der Waals surface area contributed by atoms with Crippen LogP contribution in [-0.2, 0) is 11.8 Å². The normalized spacial score (nSPS) is 22.5. The molecule has 3 nitrogen and oxygen atoms in total. The van der Waals surface area contributed by atoms with Gasteiger partial charge in [-0.05, 0) is 67.5 Å². The molecular weight excluding hydrogens is 304 g/mol. The van der Waals surface area contributed by atoms with E-state index in [2.05, 4.69) is 36.5 Å². The lowest BCUT2D eigenvalue weighted by Gasteiger charge is -2.38. The van der Waals surface area contributed by atoms with E-state index in [1.165, 1.54) is 47.9 Å². The van der Waals surface area contributed by atoms with Crippen LogP contribution in [0, 0.1) is 6.92 Å². The molecule has 1 aliphatic carbocycles. The lowest BCUT2D eigenvalue weighted by Crippen LogP contribution is -2.41. The molecule has 2 aliphatic rings. The quantitative estimate of drug-likeness (QED) is 0.777. The van der Waals surface area contributed by atoms with E-state index >= 15 is 0 Å². The Labute approximate surface area is 141 Å². The van der Waals surface area contributed by atoms with Crippen LogP contribution in [0.5, 0.6) is 5.75 Å². The highest BCUT2D eigenvalue weighted by atomic mass is 32.2. The highest BCUT2D eigenvalue weighted by Gasteiger charge is 2.39. The molecule has 1 atom stereocenters. The summed E-state index contributed by atoms with van der Waals surface area (Å²) in [7, 11) is 0. The molecule has 1 unspecified atom stereocenters. The summed E-state index contributed by atoms with van der Waals surface area (Å²) in [6.45, 7) is 3.82. The first kappa shape index (κ1) is 14.9. The third-order valence-corrected chi connectivity index (χ3v) is 5.67. The highest BCUT2D eigenvalue weighted by molar-refractivity contribution is 7.97.